The minimum Gasteiger partial charge on any atom is -0.488 e. The van der Waals surface area contributed by atoms with Crippen LogP contribution in [0.4, 0.5) is 0 Å². The van der Waals surface area contributed by atoms with E-state index < -0.39 is 17.9 Å². The monoisotopic (exact) mass is 734 g/mol. The maximum Gasteiger partial charge on any atom is 0.338 e. The fourth-order valence-electron chi connectivity index (χ4n) is 4.82. The van der Waals surface area contributed by atoms with Gasteiger partial charge in [-0.05, 0) is 101 Å². The molecule has 0 spiro atoms. The van der Waals surface area contributed by atoms with Gasteiger partial charge in [0.05, 0.1) is 28.0 Å². The zero-order valence-corrected chi connectivity index (χ0v) is 27.6. The normalized spacial score (nSPS) is 14.6. The summed E-state index contributed by atoms with van der Waals surface area (Å²) < 4.78 is 18.1. The van der Waals surface area contributed by atoms with Crippen LogP contribution in [-0.4, -0.2) is 36.4 Å². The van der Waals surface area contributed by atoms with Crippen molar-refractivity contribution in [3.8, 4) is 11.5 Å². The Balaban J connectivity index is 1.17. The number of fused-ring (bicyclic) bond motifs is 1. The van der Waals surface area contributed by atoms with Gasteiger partial charge in [0.15, 0.2) is 11.7 Å². The number of nitrogens with one attached hydrogen (secondary N) is 3. The molecule has 4 aromatic carbocycles. The van der Waals surface area contributed by atoms with E-state index in [1.54, 1.807) is 38.3 Å². The Morgan fingerprint density at radius 1 is 0.978 bits per heavy atom. The molecule has 0 aliphatic carbocycles. The molecule has 1 aliphatic rings. The van der Waals surface area contributed by atoms with Crippen LogP contribution in [0.5, 0.6) is 11.5 Å². The van der Waals surface area contributed by atoms with E-state index in [9.17, 15) is 9.59 Å². The summed E-state index contributed by atoms with van der Waals surface area (Å²) >= 11 is 7.55. The largest absolute Gasteiger partial charge is 0.488 e. The molecule has 0 saturated heterocycles. The topological polar surface area (TPSA) is 110 Å². The van der Waals surface area contributed by atoms with Crippen LogP contribution in [0, 0.1) is 3.57 Å². The Hall–Kier alpha value is -4.49. The number of ether oxygens (including phenoxy) is 3. The lowest BCUT2D eigenvalue weighted by Gasteiger charge is -2.30. The van der Waals surface area contributed by atoms with Gasteiger partial charge in [0, 0.05) is 11.3 Å². The molecule has 1 atom stereocenters. The summed E-state index contributed by atoms with van der Waals surface area (Å²) in [7, 11) is 0. The number of hydrazone groups is 1. The fraction of sp³-hybridized carbons (Fsp3) is 0.176. The Labute approximate surface area is 280 Å². The van der Waals surface area contributed by atoms with E-state index >= 15 is 0 Å². The van der Waals surface area contributed by atoms with Crippen molar-refractivity contribution in [3.63, 3.8) is 0 Å². The predicted molar refractivity (Wildman–Crippen MR) is 186 cm³/mol. The molecule has 4 aromatic rings. The maximum atomic E-state index is 12.8. The number of halogens is 1. The zero-order valence-electron chi connectivity index (χ0n) is 24.6. The van der Waals surface area contributed by atoms with Crippen LogP contribution in [0.1, 0.15) is 36.6 Å². The average Bonchev–Trinajstić information content (AvgIpc) is 3.03. The molecule has 0 aromatic heterocycles. The van der Waals surface area contributed by atoms with Gasteiger partial charge in [-0.3, -0.25) is 4.79 Å². The van der Waals surface area contributed by atoms with Crippen molar-refractivity contribution in [1.82, 2.24) is 16.1 Å². The van der Waals surface area contributed by atoms with Crippen molar-refractivity contribution in [2.45, 2.75) is 26.5 Å². The number of carbonyl (C=O) groups excluding carboxylic acids is 2. The van der Waals surface area contributed by atoms with Gasteiger partial charge in [0.1, 0.15) is 18.1 Å². The van der Waals surface area contributed by atoms with Crippen LogP contribution in [0.15, 0.2) is 101 Å². The fourth-order valence-corrected chi connectivity index (χ4v) is 5.78. The number of benzene rings is 4. The molecule has 9 nitrogen and oxygen atoms in total. The minimum atomic E-state index is -0.614. The minimum absolute atomic E-state index is 0.231. The van der Waals surface area contributed by atoms with E-state index in [0.29, 0.717) is 34.3 Å². The third-order valence-corrected chi connectivity index (χ3v) is 7.98. The van der Waals surface area contributed by atoms with Crippen molar-refractivity contribution in [2.24, 2.45) is 5.10 Å². The molecule has 230 valence electrons. The number of rotatable bonds is 11. The van der Waals surface area contributed by atoms with Crippen LogP contribution < -0.4 is 25.5 Å². The summed E-state index contributed by atoms with van der Waals surface area (Å²) in [6, 6.07) is 26.7. The molecule has 11 heteroatoms. The molecule has 1 aliphatic heterocycles. The molecule has 0 radical (unpaired) electrons. The summed E-state index contributed by atoms with van der Waals surface area (Å²) in [4.78, 5) is 25.3. The number of esters is 1. The summed E-state index contributed by atoms with van der Waals surface area (Å²) in [5, 5.41) is 12.9. The average molecular weight is 735 g/mol. The smallest absolute Gasteiger partial charge is 0.338 e. The van der Waals surface area contributed by atoms with Gasteiger partial charge in [-0.2, -0.15) is 5.10 Å². The molecule has 0 unspecified atom stereocenters. The second-order valence-electron chi connectivity index (χ2n) is 10.1. The molecular formula is C34H31IN4O5S. The number of allylic oxidation sites excluding steroid dienone is 1. The first-order valence-electron chi connectivity index (χ1n) is 14.2. The third-order valence-electron chi connectivity index (χ3n) is 6.92. The second kappa shape index (κ2) is 15.0. The third kappa shape index (κ3) is 8.17. The van der Waals surface area contributed by atoms with Crippen LogP contribution in [-0.2, 0) is 20.9 Å². The molecule has 0 saturated carbocycles. The highest BCUT2D eigenvalue weighted by Crippen LogP contribution is 2.33. The molecule has 45 heavy (non-hydrogen) atoms. The van der Waals surface area contributed by atoms with E-state index in [2.05, 4.69) is 74.1 Å². The van der Waals surface area contributed by atoms with Gasteiger partial charge in [-0.1, -0.05) is 54.6 Å². The number of para-hydroxylation sites is 1. The van der Waals surface area contributed by atoms with Gasteiger partial charge in [0.25, 0.3) is 5.91 Å². The highest BCUT2D eigenvalue weighted by atomic mass is 127. The number of amides is 1. The first-order chi connectivity index (χ1) is 21.8. The first kappa shape index (κ1) is 31.9. The van der Waals surface area contributed by atoms with Crippen LogP contribution in [0.25, 0.3) is 10.8 Å². The summed E-state index contributed by atoms with van der Waals surface area (Å²) in [5.74, 6) is 0.264. The standard InChI is InChI=1S/C34H31IN4O5S/c1-3-42-33(41)31-21(2)37-34(45)38-32(31)26-10-6-7-11-28(26)44-20-30(40)39-36-18-22-13-15-29(27(35)17-22)43-19-23-12-14-24-8-4-5-9-25(24)16-23/h4-18,32H,3,19-20H2,1-2H3,(H,39,40)(H2,37,38,45)/t32-/m1/s1. The highest BCUT2D eigenvalue weighted by Gasteiger charge is 2.32. The van der Waals surface area contributed by atoms with Crippen molar-refractivity contribution in [3.05, 3.63) is 116 Å². The molecule has 0 bridgehead atoms. The quantitative estimate of drug-likeness (QED) is 0.0575. The molecule has 1 heterocycles. The number of hydrogen-bond acceptors (Lipinski definition) is 7. The lowest BCUT2D eigenvalue weighted by molar-refractivity contribution is -0.139. The van der Waals surface area contributed by atoms with Crippen LogP contribution in [0.3, 0.4) is 0 Å². The van der Waals surface area contributed by atoms with Crippen LogP contribution in [0.2, 0.25) is 0 Å². The van der Waals surface area contributed by atoms with E-state index in [4.69, 9.17) is 26.4 Å². The highest BCUT2D eigenvalue weighted by molar-refractivity contribution is 14.1. The van der Waals surface area contributed by atoms with Gasteiger partial charge in [-0.15, -0.1) is 0 Å². The van der Waals surface area contributed by atoms with E-state index in [0.717, 1.165) is 20.4 Å². The summed E-state index contributed by atoms with van der Waals surface area (Å²) in [6.45, 7) is 3.89. The van der Waals surface area contributed by atoms with Crippen LogP contribution >= 0.6 is 34.8 Å². The number of thiocarbonyl (C=S) groups is 1. The van der Waals surface area contributed by atoms with Crippen molar-refractivity contribution < 1.29 is 23.8 Å². The lowest BCUT2D eigenvalue weighted by Crippen LogP contribution is -2.45. The molecular weight excluding hydrogens is 703 g/mol. The Bertz CT molecular complexity index is 1810. The summed E-state index contributed by atoms with van der Waals surface area (Å²) in [5.41, 5.74) is 5.99. The summed E-state index contributed by atoms with van der Waals surface area (Å²) in [6.07, 6.45) is 1.56. The van der Waals surface area contributed by atoms with Gasteiger partial charge in [-0.25, -0.2) is 10.2 Å². The predicted octanol–water partition coefficient (Wildman–Crippen LogP) is 5.91. The zero-order chi connectivity index (χ0) is 31.8. The lowest BCUT2D eigenvalue weighted by atomic mass is 9.95. The Morgan fingerprint density at radius 2 is 1.76 bits per heavy atom. The molecule has 5 rings (SSSR count). The number of carbonyl (C=O) groups is 2. The van der Waals surface area contributed by atoms with Gasteiger partial charge in [0.2, 0.25) is 0 Å². The van der Waals surface area contributed by atoms with Crippen molar-refractivity contribution in [2.75, 3.05) is 13.2 Å². The Kier molecular flexibility index (Phi) is 10.6. The van der Waals surface area contributed by atoms with E-state index in [1.807, 2.05) is 36.4 Å². The first-order valence-corrected chi connectivity index (χ1v) is 15.7. The van der Waals surface area contributed by atoms with Gasteiger partial charge < -0.3 is 24.8 Å². The molecule has 0 fully saturated rings. The van der Waals surface area contributed by atoms with E-state index in [1.165, 1.54) is 10.8 Å². The Morgan fingerprint density at radius 3 is 2.56 bits per heavy atom. The molecule has 1 amide bonds. The second-order valence-corrected chi connectivity index (χ2v) is 11.6. The number of hydrogen-bond donors (Lipinski definition) is 3. The maximum absolute atomic E-state index is 12.8. The SMILES string of the molecule is CCOC(=O)C1=C(C)NC(=S)N[C@@H]1c1ccccc1OCC(=O)NN=Cc1ccc(OCc2ccc3ccccc3c2)c(I)c1. The van der Waals surface area contributed by atoms with Crippen molar-refractivity contribution in [1.29, 1.82) is 0 Å². The molecule has 3 N–H and O–H groups in total. The number of nitrogens with zero attached hydrogens (tertiary/aromatic N) is 1. The van der Waals surface area contributed by atoms with Crippen molar-refractivity contribution >= 4 is 68.8 Å². The van der Waals surface area contributed by atoms with E-state index in [-0.39, 0.29) is 13.2 Å². The van der Waals surface area contributed by atoms with Gasteiger partial charge >= 0.3 is 5.97 Å².